The minimum Gasteiger partial charge on any atom is -0.467 e. The van der Waals surface area contributed by atoms with E-state index >= 15 is 0 Å². The van der Waals surface area contributed by atoms with Gasteiger partial charge in [-0.05, 0) is 51.0 Å². The van der Waals surface area contributed by atoms with E-state index in [-0.39, 0.29) is 31.6 Å². The van der Waals surface area contributed by atoms with Crippen LogP contribution in [0.1, 0.15) is 53.9 Å². The van der Waals surface area contributed by atoms with E-state index in [9.17, 15) is 34.2 Å². The number of carbonyl (C=O) groups is 5. The topological polar surface area (TPSA) is 198 Å². The smallest absolute Gasteiger partial charge is 0.348 e. The standard InChI is InChI=1S/C30H39NO12/c1-12(2)7-19(35)42-22-24-29-11-40-30(24,27(38)39-6)10-17(34)23(29)28(5)9-16(33)21(43-25(36)20(31)14(4)32)13(3)15(28)8-18(29)41-26(22)37/h7,14-15,17-18,20,22-24,32,34H,8-11,31H2,1-6H3/t14-,15?,17+,18-,20+,22-,23?,24-,28+,29-,30-/m1/s1. The Bertz CT molecular complexity index is 1330. The van der Waals surface area contributed by atoms with E-state index in [2.05, 4.69) is 0 Å². The minimum absolute atomic E-state index is 0.118. The van der Waals surface area contributed by atoms with E-state index in [1.165, 1.54) is 20.1 Å². The molecule has 2 saturated carbocycles. The predicted octanol–water partition coefficient (Wildman–Crippen LogP) is 0.240. The third-order valence-corrected chi connectivity index (χ3v) is 10.3. The fraction of sp³-hybridized carbons (Fsp3) is 0.700. The highest BCUT2D eigenvalue weighted by Gasteiger charge is 2.82. The number of aliphatic hydroxyl groups is 2. The molecule has 3 aliphatic carbocycles. The highest BCUT2D eigenvalue weighted by molar-refractivity contribution is 5.98. The molecule has 0 aromatic heterocycles. The third kappa shape index (κ3) is 4.38. The lowest BCUT2D eigenvalue weighted by atomic mass is 9.38. The summed E-state index contributed by atoms with van der Waals surface area (Å²) in [5.41, 5.74) is 2.80. The number of hydrogen-bond acceptors (Lipinski definition) is 13. The molecule has 0 aromatic carbocycles. The van der Waals surface area contributed by atoms with Gasteiger partial charge in [0, 0.05) is 30.3 Å². The van der Waals surface area contributed by atoms with E-state index in [4.69, 9.17) is 29.4 Å². The summed E-state index contributed by atoms with van der Waals surface area (Å²) >= 11 is 0. The van der Waals surface area contributed by atoms with Gasteiger partial charge in [-0.15, -0.1) is 0 Å². The summed E-state index contributed by atoms with van der Waals surface area (Å²) < 4.78 is 28.4. The second-order valence-corrected chi connectivity index (χ2v) is 13.1. The van der Waals surface area contributed by atoms with Gasteiger partial charge in [0.25, 0.3) is 0 Å². The first-order valence-corrected chi connectivity index (χ1v) is 14.4. The Morgan fingerprint density at radius 3 is 2.47 bits per heavy atom. The summed E-state index contributed by atoms with van der Waals surface area (Å²) in [5.74, 6) is -6.46. The molecule has 4 fully saturated rings. The molecule has 1 spiro atoms. The fourth-order valence-electron chi connectivity index (χ4n) is 8.78. The van der Waals surface area contributed by atoms with E-state index < -0.39 is 94.3 Å². The summed E-state index contributed by atoms with van der Waals surface area (Å²) in [6.45, 7) is 8.07. The lowest BCUT2D eigenvalue weighted by Gasteiger charge is -2.66. The molecule has 11 atom stereocenters. The lowest BCUT2D eigenvalue weighted by molar-refractivity contribution is -0.269. The first kappa shape index (κ1) is 31.3. The molecule has 4 N–H and O–H groups in total. The summed E-state index contributed by atoms with van der Waals surface area (Å²) in [4.78, 5) is 66.0. The fourth-order valence-corrected chi connectivity index (χ4v) is 8.78. The van der Waals surface area contributed by atoms with Crippen LogP contribution < -0.4 is 5.73 Å². The number of hydrogen-bond donors (Lipinski definition) is 3. The molecular weight excluding hydrogens is 566 g/mol. The largest absolute Gasteiger partial charge is 0.467 e. The van der Waals surface area contributed by atoms with Gasteiger partial charge < -0.3 is 39.6 Å². The van der Waals surface area contributed by atoms with Crippen molar-refractivity contribution in [2.24, 2.45) is 34.3 Å². The zero-order valence-electron chi connectivity index (χ0n) is 25.1. The Labute approximate surface area is 248 Å². The summed E-state index contributed by atoms with van der Waals surface area (Å²) in [6.07, 6.45) is -3.90. The van der Waals surface area contributed by atoms with Crippen molar-refractivity contribution in [1.29, 1.82) is 0 Å². The number of methoxy groups -OCH3 is 1. The number of ether oxygens (including phenoxy) is 5. The highest BCUT2D eigenvalue weighted by atomic mass is 16.6. The average molecular weight is 606 g/mol. The number of aliphatic hydroxyl groups excluding tert-OH is 2. The number of rotatable bonds is 6. The van der Waals surface area contributed by atoms with Crippen LogP contribution >= 0.6 is 0 Å². The average Bonchev–Trinajstić information content (AvgIpc) is 3.16. The van der Waals surface area contributed by atoms with Gasteiger partial charge >= 0.3 is 23.9 Å². The molecule has 2 aliphatic heterocycles. The maximum absolute atomic E-state index is 13.6. The van der Waals surface area contributed by atoms with Crippen molar-refractivity contribution >= 4 is 29.7 Å². The van der Waals surface area contributed by atoms with Gasteiger partial charge in [0.05, 0.1) is 31.8 Å². The van der Waals surface area contributed by atoms with Crippen molar-refractivity contribution in [3.05, 3.63) is 23.0 Å². The van der Waals surface area contributed by atoms with E-state index in [1.807, 2.05) is 6.92 Å². The molecule has 2 saturated heterocycles. The third-order valence-electron chi connectivity index (χ3n) is 10.3. The zero-order chi connectivity index (χ0) is 31.8. The van der Waals surface area contributed by atoms with Crippen LogP contribution in [0.4, 0.5) is 0 Å². The number of carbonyl (C=O) groups excluding carboxylic acids is 5. The van der Waals surface area contributed by atoms with E-state index in [1.54, 1.807) is 20.8 Å². The van der Waals surface area contributed by atoms with Gasteiger partial charge in [-0.1, -0.05) is 12.5 Å². The Hall–Kier alpha value is -3.13. The number of esters is 4. The maximum atomic E-state index is 13.6. The molecule has 43 heavy (non-hydrogen) atoms. The Morgan fingerprint density at radius 2 is 1.86 bits per heavy atom. The SMILES string of the molecule is COC(=O)[C@@]12C[C@H](O)C3[C@@]4(C)CC(=O)C(OC(=O)[C@@H](N)[C@@H](C)O)=C(C)C4C[C@H]4OC(=O)[C@H](OC(=O)C=C(C)C)[C@@H]1[C@@]34CO2. The summed E-state index contributed by atoms with van der Waals surface area (Å²) in [7, 11) is 1.17. The molecule has 236 valence electrons. The van der Waals surface area contributed by atoms with Gasteiger partial charge in [0.2, 0.25) is 6.10 Å². The van der Waals surface area contributed by atoms with Crippen LogP contribution in [-0.4, -0.2) is 89.6 Å². The monoisotopic (exact) mass is 605 g/mol. The van der Waals surface area contributed by atoms with Gasteiger partial charge in [-0.25, -0.2) is 19.2 Å². The zero-order valence-corrected chi connectivity index (χ0v) is 25.1. The number of fused-ring (bicyclic) bond motifs is 2. The van der Waals surface area contributed by atoms with Gasteiger partial charge in [-0.3, -0.25) is 4.79 Å². The lowest BCUT2D eigenvalue weighted by Crippen LogP contribution is -2.75. The maximum Gasteiger partial charge on any atom is 0.348 e. The van der Waals surface area contributed by atoms with Crippen molar-refractivity contribution < 1.29 is 57.9 Å². The molecule has 0 amide bonds. The van der Waals surface area contributed by atoms with Crippen LogP contribution in [0.5, 0.6) is 0 Å². The van der Waals surface area contributed by atoms with Crippen LogP contribution in [0.2, 0.25) is 0 Å². The highest BCUT2D eigenvalue weighted by Crippen LogP contribution is 2.72. The normalized spacial score (nSPS) is 40.8. The van der Waals surface area contributed by atoms with Gasteiger partial charge in [-0.2, -0.15) is 0 Å². The van der Waals surface area contributed by atoms with Gasteiger partial charge in [0.15, 0.2) is 17.1 Å². The molecule has 0 radical (unpaired) electrons. The molecular formula is C30H39NO12. The second kappa shape index (κ2) is 10.5. The molecule has 13 nitrogen and oxygen atoms in total. The van der Waals surface area contributed by atoms with Crippen LogP contribution in [-0.2, 0) is 47.7 Å². The first-order chi connectivity index (χ1) is 20.0. The molecule has 2 unspecified atom stereocenters. The van der Waals surface area contributed by atoms with Crippen LogP contribution in [0, 0.1) is 28.6 Å². The molecule has 0 aromatic rings. The molecule has 13 heteroatoms. The Morgan fingerprint density at radius 1 is 1.19 bits per heavy atom. The molecule has 2 heterocycles. The van der Waals surface area contributed by atoms with Gasteiger partial charge in [0.1, 0.15) is 12.1 Å². The van der Waals surface area contributed by atoms with Crippen LogP contribution in [0.3, 0.4) is 0 Å². The van der Waals surface area contributed by atoms with Crippen molar-refractivity contribution in [3.8, 4) is 0 Å². The van der Waals surface area contributed by atoms with Crippen molar-refractivity contribution in [2.75, 3.05) is 13.7 Å². The Balaban J connectivity index is 1.63. The van der Waals surface area contributed by atoms with Crippen LogP contribution in [0.25, 0.3) is 0 Å². The van der Waals surface area contributed by atoms with Crippen LogP contribution in [0.15, 0.2) is 23.0 Å². The van der Waals surface area contributed by atoms with Crippen molar-refractivity contribution in [1.82, 2.24) is 0 Å². The van der Waals surface area contributed by atoms with E-state index in [0.29, 0.717) is 11.1 Å². The predicted molar refractivity (Wildman–Crippen MR) is 144 cm³/mol. The number of nitrogens with two attached hydrogens (primary N) is 1. The van der Waals surface area contributed by atoms with E-state index in [0.717, 1.165) is 0 Å². The number of Topliss-reactive ketones (excluding diaryl/α,β-unsaturated/α-hetero) is 1. The summed E-state index contributed by atoms with van der Waals surface area (Å²) in [5, 5.41) is 21.6. The van der Waals surface area contributed by atoms with Crippen molar-refractivity contribution in [3.63, 3.8) is 0 Å². The van der Waals surface area contributed by atoms with Crippen molar-refractivity contribution in [2.45, 2.75) is 89.9 Å². The second-order valence-electron chi connectivity index (χ2n) is 13.1. The molecule has 5 aliphatic rings. The quantitative estimate of drug-likeness (QED) is 0.212. The first-order valence-electron chi connectivity index (χ1n) is 14.4. The summed E-state index contributed by atoms with van der Waals surface area (Å²) in [6, 6.07) is -1.37. The number of ketones is 1. The Kier molecular flexibility index (Phi) is 7.64. The molecule has 2 bridgehead atoms. The minimum atomic E-state index is -1.80. The number of allylic oxidation sites excluding steroid dienone is 3. The molecule has 5 rings (SSSR count).